The van der Waals surface area contributed by atoms with Gasteiger partial charge in [0, 0.05) is 25.4 Å². The second-order valence-corrected chi connectivity index (χ2v) is 5.07. The summed E-state index contributed by atoms with van der Waals surface area (Å²) in [6.07, 6.45) is 1.78. The maximum Gasteiger partial charge on any atom is 0.123 e. The van der Waals surface area contributed by atoms with E-state index in [4.69, 9.17) is 15.9 Å². The van der Waals surface area contributed by atoms with Crippen molar-refractivity contribution in [3.63, 3.8) is 0 Å². The first kappa shape index (κ1) is 12.9. The Morgan fingerprint density at radius 1 is 1.56 bits per heavy atom. The van der Waals surface area contributed by atoms with E-state index in [0.29, 0.717) is 6.42 Å². The fourth-order valence-corrected chi connectivity index (χ4v) is 2.33. The lowest BCUT2D eigenvalue weighted by molar-refractivity contribution is 0.146. The molecular formula is C14H21N3O. The van der Waals surface area contributed by atoms with Crippen molar-refractivity contribution in [3.05, 3.63) is 29.8 Å². The van der Waals surface area contributed by atoms with Crippen molar-refractivity contribution in [2.45, 2.75) is 31.9 Å². The summed E-state index contributed by atoms with van der Waals surface area (Å²) in [6, 6.07) is 8.47. The minimum atomic E-state index is 0.210. The summed E-state index contributed by atoms with van der Waals surface area (Å²) in [5.74, 6) is 1.25. The van der Waals surface area contributed by atoms with Gasteiger partial charge >= 0.3 is 0 Å². The van der Waals surface area contributed by atoms with E-state index in [9.17, 15) is 0 Å². The van der Waals surface area contributed by atoms with Gasteiger partial charge in [-0.15, -0.1) is 0 Å². The average molecular weight is 247 g/mol. The molecule has 0 radical (unpaired) electrons. The van der Waals surface area contributed by atoms with Crippen LogP contribution in [0, 0.1) is 5.41 Å². The van der Waals surface area contributed by atoms with Crippen molar-refractivity contribution in [2.24, 2.45) is 5.73 Å². The van der Waals surface area contributed by atoms with Crippen LogP contribution in [0.2, 0.25) is 0 Å². The Morgan fingerprint density at radius 3 is 2.94 bits per heavy atom. The van der Waals surface area contributed by atoms with Gasteiger partial charge in [-0.3, -0.25) is 10.3 Å². The summed E-state index contributed by atoms with van der Waals surface area (Å²) in [6.45, 7) is 2.95. The number of likely N-dealkylation sites (N-methyl/N-ethyl adjacent to an activating group) is 1. The summed E-state index contributed by atoms with van der Waals surface area (Å²) in [4.78, 5) is 2.21. The molecule has 1 aliphatic heterocycles. The molecule has 2 unspecified atom stereocenters. The van der Waals surface area contributed by atoms with E-state index in [1.807, 2.05) is 18.2 Å². The summed E-state index contributed by atoms with van der Waals surface area (Å²) in [5, 5.41) is 7.33. The Kier molecular flexibility index (Phi) is 3.87. The SMILES string of the molecule is CC(CC(=N)N)N(C)CC1Cc2ccccc2O1. The first-order chi connectivity index (χ1) is 8.56. The lowest BCUT2D eigenvalue weighted by Crippen LogP contribution is -2.39. The number of nitrogens with zero attached hydrogens (tertiary/aromatic N) is 1. The Labute approximate surface area is 108 Å². The van der Waals surface area contributed by atoms with Crippen LogP contribution in [0.4, 0.5) is 0 Å². The summed E-state index contributed by atoms with van der Waals surface area (Å²) in [7, 11) is 2.06. The van der Waals surface area contributed by atoms with E-state index in [1.165, 1.54) is 5.56 Å². The van der Waals surface area contributed by atoms with Crippen molar-refractivity contribution in [1.29, 1.82) is 5.41 Å². The molecule has 1 aromatic carbocycles. The molecule has 98 valence electrons. The third-order valence-corrected chi connectivity index (χ3v) is 3.47. The van der Waals surface area contributed by atoms with E-state index in [-0.39, 0.29) is 18.0 Å². The largest absolute Gasteiger partial charge is 0.488 e. The molecule has 2 atom stereocenters. The van der Waals surface area contributed by atoms with Crippen molar-refractivity contribution in [1.82, 2.24) is 4.90 Å². The molecule has 1 aromatic rings. The molecule has 4 heteroatoms. The lowest BCUT2D eigenvalue weighted by Gasteiger charge is -2.26. The fourth-order valence-electron chi connectivity index (χ4n) is 2.33. The van der Waals surface area contributed by atoms with Crippen LogP contribution in [0.5, 0.6) is 5.75 Å². The first-order valence-electron chi connectivity index (χ1n) is 6.34. The molecule has 18 heavy (non-hydrogen) atoms. The van der Waals surface area contributed by atoms with Crippen LogP contribution in [0.15, 0.2) is 24.3 Å². The zero-order valence-corrected chi connectivity index (χ0v) is 11.0. The number of ether oxygens (including phenoxy) is 1. The van der Waals surface area contributed by atoms with Gasteiger partial charge in [0.2, 0.25) is 0 Å². The highest BCUT2D eigenvalue weighted by molar-refractivity contribution is 5.77. The van der Waals surface area contributed by atoms with Gasteiger partial charge < -0.3 is 10.5 Å². The molecule has 1 heterocycles. The predicted molar refractivity (Wildman–Crippen MR) is 73.2 cm³/mol. The summed E-state index contributed by atoms with van der Waals surface area (Å²) >= 11 is 0. The molecule has 0 saturated heterocycles. The highest BCUT2D eigenvalue weighted by atomic mass is 16.5. The molecule has 0 spiro atoms. The molecule has 4 nitrogen and oxygen atoms in total. The molecule has 0 bridgehead atoms. The van der Waals surface area contributed by atoms with Crippen molar-refractivity contribution in [2.75, 3.05) is 13.6 Å². The van der Waals surface area contributed by atoms with Gasteiger partial charge in [-0.25, -0.2) is 0 Å². The summed E-state index contributed by atoms with van der Waals surface area (Å²) in [5.41, 5.74) is 6.72. The van der Waals surface area contributed by atoms with E-state index in [1.54, 1.807) is 0 Å². The third kappa shape index (κ3) is 3.01. The highest BCUT2D eigenvalue weighted by Crippen LogP contribution is 2.28. The van der Waals surface area contributed by atoms with Crippen molar-refractivity contribution >= 4 is 5.84 Å². The van der Waals surface area contributed by atoms with Gasteiger partial charge in [-0.1, -0.05) is 18.2 Å². The Morgan fingerprint density at radius 2 is 2.28 bits per heavy atom. The second kappa shape index (κ2) is 5.40. The molecule has 0 aromatic heterocycles. The zero-order chi connectivity index (χ0) is 13.1. The number of para-hydroxylation sites is 1. The zero-order valence-electron chi connectivity index (χ0n) is 11.0. The van der Waals surface area contributed by atoms with Crippen LogP contribution < -0.4 is 10.5 Å². The van der Waals surface area contributed by atoms with Crippen molar-refractivity contribution in [3.8, 4) is 5.75 Å². The number of hydrogen-bond donors (Lipinski definition) is 2. The lowest BCUT2D eigenvalue weighted by atomic mass is 10.1. The van der Waals surface area contributed by atoms with Gasteiger partial charge in [-0.2, -0.15) is 0 Å². The van der Waals surface area contributed by atoms with Gasteiger partial charge in [0.25, 0.3) is 0 Å². The molecule has 0 amide bonds. The number of hydrogen-bond acceptors (Lipinski definition) is 3. The Balaban J connectivity index is 1.87. The topological polar surface area (TPSA) is 62.3 Å². The molecule has 2 rings (SSSR count). The Bertz CT molecular complexity index is 408. The Hall–Kier alpha value is -1.55. The number of nitrogens with two attached hydrogens (primary N) is 1. The number of fused-ring (bicyclic) bond motifs is 1. The van der Waals surface area contributed by atoms with E-state index < -0.39 is 0 Å². The minimum absolute atomic E-state index is 0.210. The molecule has 3 N–H and O–H groups in total. The first-order valence-corrected chi connectivity index (χ1v) is 6.34. The third-order valence-electron chi connectivity index (χ3n) is 3.47. The number of rotatable bonds is 5. The normalized spacial score (nSPS) is 19.4. The molecule has 0 aliphatic carbocycles. The smallest absolute Gasteiger partial charge is 0.123 e. The maximum atomic E-state index is 7.33. The van der Waals surface area contributed by atoms with Crippen molar-refractivity contribution < 1.29 is 4.74 Å². The van der Waals surface area contributed by atoms with Gasteiger partial charge in [-0.05, 0) is 25.6 Å². The number of nitrogens with one attached hydrogen (secondary N) is 1. The van der Waals surface area contributed by atoms with Crippen LogP contribution in [0.25, 0.3) is 0 Å². The van der Waals surface area contributed by atoms with E-state index in [2.05, 4.69) is 24.9 Å². The van der Waals surface area contributed by atoms with Crippen LogP contribution >= 0.6 is 0 Å². The van der Waals surface area contributed by atoms with Crippen LogP contribution in [-0.4, -0.2) is 36.5 Å². The van der Waals surface area contributed by atoms with Gasteiger partial charge in [0.05, 0.1) is 5.84 Å². The van der Waals surface area contributed by atoms with E-state index >= 15 is 0 Å². The minimum Gasteiger partial charge on any atom is -0.488 e. The predicted octanol–water partition coefficient (Wildman–Crippen LogP) is 1.64. The fraction of sp³-hybridized carbons (Fsp3) is 0.500. The van der Waals surface area contributed by atoms with Crippen LogP contribution in [-0.2, 0) is 6.42 Å². The molecular weight excluding hydrogens is 226 g/mol. The van der Waals surface area contributed by atoms with Crippen LogP contribution in [0.3, 0.4) is 0 Å². The summed E-state index contributed by atoms with van der Waals surface area (Å²) < 4.78 is 5.91. The number of amidine groups is 1. The molecule has 1 aliphatic rings. The molecule has 0 saturated carbocycles. The average Bonchev–Trinajstić information content (AvgIpc) is 2.69. The second-order valence-electron chi connectivity index (χ2n) is 5.07. The maximum absolute atomic E-state index is 7.33. The number of benzene rings is 1. The quantitative estimate of drug-likeness (QED) is 0.614. The highest BCUT2D eigenvalue weighted by Gasteiger charge is 2.24. The standard InChI is InChI=1S/C14H21N3O/c1-10(7-14(15)16)17(2)9-12-8-11-5-3-4-6-13(11)18-12/h3-6,10,12H,7-9H2,1-2H3,(H3,15,16). The monoisotopic (exact) mass is 247 g/mol. The van der Waals surface area contributed by atoms with Crippen LogP contribution in [0.1, 0.15) is 18.9 Å². The molecule has 0 fully saturated rings. The van der Waals surface area contributed by atoms with E-state index in [0.717, 1.165) is 18.7 Å². The van der Waals surface area contributed by atoms with Gasteiger partial charge in [0.15, 0.2) is 0 Å². The van der Waals surface area contributed by atoms with Gasteiger partial charge in [0.1, 0.15) is 11.9 Å².